The molecule has 1 saturated carbocycles. The van der Waals surface area contributed by atoms with Crippen LogP contribution in [0.15, 0.2) is 31.0 Å². The van der Waals surface area contributed by atoms with E-state index in [0.29, 0.717) is 24.7 Å². The summed E-state index contributed by atoms with van der Waals surface area (Å²) in [5, 5.41) is 6.97. The number of morpholine rings is 1. The third-order valence-corrected chi connectivity index (χ3v) is 4.65. The van der Waals surface area contributed by atoms with Crippen LogP contribution in [0.25, 0.3) is 5.82 Å². The molecule has 1 aliphatic heterocycles. The van der Waals surface area contributed by atoms with E-state index in [-0.39, 0.29) is 18.2 Å². The van der Waals surface area contributed by atoms with Gasteiger partial charge in [-0.2, -0.15) is 5.10 Å². The maximum absolute atomic E-state index is 12.6. The molecule has 2 fully saturated rings. The molecule has 24 heavy (non-hydrogen) atoms. The normalized spacial score (nSPS) is 23.6. The summed E-state index contributed by atoms with van der Waals surface area (Å²) in [6.45, 7) is 1.25. The highest BCUT2D eigenvalue weighted by Crippen LogP contribution is 2.28. The molecule has 0 spiro atoms. The second kappa shape index (κ2) is 6.56. The van der Waals surface area contributed by atoms with Gasteiger partial charge < -0.3 is 15.0 Å². The van der Waals surface area contributed by atoms with Gasteiger partial charge in [0.05, 0.1) is 30.6 Å². The minimum Gasteiger partial charge on any atom is -0.374 e. The molecule has 3 heterocycles. The molecule has 0 radical (unpaired) electrons. The van der Waals surface area contributed by atoms with E-state index in [1.165, 1.54) is 12.7 Å². The number of fused-ring (bicyclic) bond motifs is 1. The smallest absolute Gasteiger partial charge is 0.322 e. The van der Waals surface area contributed by atoms with Gasteiger partial charge in [0.15, 0.2) is 5.82 Å². The van der Waals surface area contributed by atoms with E-state index in [1.807, 2.05) is 11.0 Å². The number of hydrogen-bond acceptors (Lipinski definition) is 5. The fourth-order valence-electron chi connectivity index (χ4n) is 3.47. The number of anilines is 1. The zero-order valence-electron chi connectivity index (χ0n) is 13.3. The van der Waals surface area contributed by atoms with Crippen molar-refractivity contribution in [2.45, 2.75) is 37.8 Å². The molecule has 2 aliphatic rings. The lowest BCUT2D eigenvalue weighted by Gasteiger charge is -2.43. The minimum atomic E-state index is -0.0782. The number of aromatic nitrogens is 4. The number of urea groups is 1. The van der Waals surface area contributed by atoms with Gasteiger partial charge in [0, 0.05) is 6.54 Å². The Bertz CT molecular complexity index is 685. The minimum absolute atomic E-state index is 0.0782. The topological polar surface area (TPSA) is 85.2 Å². The van der Waals surface area contributed by atoms with Crippen LogP contribution in [-0.4, -0.2) is 56.0 Å². The zero-order chi connectivity index (χ0) is 16.4. The number of ether oxygens (including phenoxy) is 1. The highest BCUT2D eigenvalue weighted by Gasteiger charge is 2.36. The maximum atomic E-state index is 12.6. The average molecular weight is 328 g/mol. The van der Waals surface area contributed by atoms with Crippen molar-refractivity contribution in [1.82, 2.24) is 24.6 Å². The van der Waals surface area contributed by atoms with Gasteiger partial charge in [-0.25, -0.2) is 19.4 Å². The quantitative estimate of drug-likeness (QED) is 0.909. The van der Waals surface area contributed by atoms with Gasteiger partial charge in [0.2, 0.25) is 0 Å². The molecular formula is C16H20N6O2. The lowest BCUT2D eigenvalue weighted by Crippen LogP contribution is -2.55. The molecule has 1 N–H and O–H groups in total. The number of amides is 2. The lowest BCUT2D eigenvalue weighted by atomic mass is 9.90. The summed E-state index contributed by atoms with van der Waals surface area (Å²) < 4.78 is 7.39. The molecular weight excluding hydrogens is 308 g/mol. The molecule has 4 rings (SSSR count). The van der Waals surface area contributed by atoms with Crippen LogP contribution in [0.4, 0.5) is 10.5 Å². The first-order chi connectivity index (χ1) is 11.8. The van der Waals surface area contributed by atoms with Crippen molar-refractivity contribution in [3.05, 3.63) is 31.0 Å². The van der Waals surface area contributed by atoms with Crippen LogP contribution in [0.2, 0.25) is 0 Å². The van der Waals surface area contributed by atoms with Gasteiger partial charge in [-0.1, -0.05) is 12.8 Å². The molecule has 1 aliphatic carbocycles. The average Bonchev–Trinajstić information content (AvgIpc) is 3.16. The van der Waals surface area contributed by atoms with Gasteiger partial charge in [0.25, 0.3) is 0 Å². The SMILES string of the molecule is O=C(Nc1ccc(-n2cncn2)nc1)N1CCO[C@@H]2CCCC[C@H]21. The number of carbonyl (C=O) groups excluding carboxylic acids is 1. The van der Waals surface area contributed by atoms with Crippen LogP contribution in [0, 0.1) is 0 Å². The lowest BCUT2D eigenvalue weighted by molar-refractivity contribution is -0.0694. The van der Waals surface area contributed by atoms with E-state index in [4.69, 9.17) is 4.74 Å². The van der Waals surface area contributed by atoms with Gasteiger partial charge in [0.1, 0.15) is 12.7 Å². The van der Waals surface area contributed by atoms with Crippen molar-refractivity contribution in [1.29, 1.82) is 0 Å². The van der Waals surface area contributed by atoms with Crippen LogP contribution in [-0.2, 0) is 4.74 Å². The summed E-state index contributed by atoms with van der Waals surface area (Å²) in [5.41, 5.74) is 0.669. The molecule has 2 atom stereocenters. The predicted octanol–water partition coefficient (Wildman–Crippen LogP) is 1.84. The highest BCUT2D eigenvalue weighted by atomic mass is 16.5. The summed E-state index contributed by atoms with van der Waals surface area (Å²) in [6, 6.07) is 3.73. The standard InChI is InChI=1S/C16H20N6O2/c23-16(21-7-8-24-14-4-2-1-3-13(14)21)20-12-5-6-15(18-9-12)22-11-17-10-19-22/h5-6,9-11,13-14H,1-4,7-8H2,(H,20,23)/t13-,14-/m1/s1. The number of nitrogens with one attached hydrogen (secondary N) is 1. The molecule has 0 bridgehead atoms. The van der Waals surface area contributed by atoms with E-state index < -0.39 is 0 Å². The molecule has 2 amide bonds. The van der Waals surface area contributed by atoms with E-state index in [1.54, 1.807) is 23.3 Å². The molecule has 2 aromatic rings. The first-order valence-corrected chi connectivity index (χ1v) is 8.31. The Labute approximate surface area is 139 Å². The van der Waals surface area contributed by atoms with Crippen molar-refractivity contribution in [3.8, 4) is 5.82 Å². The van der Waals surface area contributed by atoms with Gasteiger partial charge in [-0.05, 0) is 25.0 Å². The first-order valence-electron chi connectivity index (χ1n) is 8.31. The van der Waals surface area contributed by atoms with E-state index in [0.717, 1.165) is 19.3 Å². The zero-order valence-corrected chi connectivity index (χ0v) is 13.3. The molecule has 2 aromatic heterocycles. The van der Waals surface area contributed by atoms with Crippen molar-refractivity contribution < 1.29 is 9.53 Å². The molecule has 0 aromatic carbocycles. The number of hydrogen-bond donors (Lipinski definition) is 1. The molecule has 0 unspecified atom stereocenters. The molecule has 1 saturated heterocycles. The van der Waals surface area contributed by atoms with E-state index in [2.05, 4.69) is 20.4 Å². The predicted molar refractivity (Wildman–Crippen MR) is 86.9 cm³/mol. The summed E-state index contributed by atoms with van der Waals surface area (Å²) in [5.74, 6) is 0.657. The summed E-state index contributed by atoms with van der Waals surface area (Å²) in [6.07, 6.45) is 9.25. The molecule has 8 heteroatoms. The summed E-state index contributed by atoms with van der Waals surface area (Å²) in [4.78, 5) is 22.8. The van der Waals surface area contributed by atoms with Crippen LogP contribution in [0.5, 0.6) is 0 Å². The highest BCUT2D eigenvalue weighted by molar-refractivity contribution is 5.89. The van der Waals surface area contributed by atoms with Crippen molar-refractivity contribution in [3.63, 3.8) is 0 Å². The number of carbonyl (C=O) groups is 1. The number of pyridine rings is 1. The molecule has 126 valence electrons. The Hall–Kier alpha value is -2.48. The Morgan fingerprint density at radius 1 is 1.29 bits per heavy atom. The van der Waals surface area contributed by atoms with Crippen LogP contribution in [0.3, 0.4) is 0 Å². The molecule has 8 nitrogen and oxygen atoms in total. The van der Waals surface area contributed by atoms with Gasteiger partial charge in [-0.3, -0.25) is 0 Å². The third-order valence-electron chi connectivity index (χ3n) is 4.65. The van der Waals surface area contributed by atoms with Gasteiger partial charge >= 0.3 is 6.03 Å². The van der Waals surface area contributed by atoms with E-state index in [9.17, 15) is 4.79 Å². The largest absolute Gasteiger partial charge is 0.374 e. The number of rotatable bonds is 2. The fourth-order valence-corrected chi connectivity index (χ4v) is 3.47. The fraction of sp³-hybridized carbons (Fsp3) is 0.500. The second-order valence-corrected chi connectivity index (χ2v) is 6.13. The van der Waals surface area contributed by atoms with Crippen LogP contribution < -0.4 is 5.32 Å². The Kier molecular flexibility index (Phi) is 4.12. The maximum Gasteiger partial charge on any atom is 0.322 e. The van der Waals surface area contributed by atoms with Crippen LogP contribution >= 0.6 is 0 Å². The monoisotopic (exact) mass is 328 g/mol. The van der Waals surface area contributed by atoms with Crippen molar-refractivity contribution in [2.24, 2.45) is 0 Å². The summed E-state index contributed by atoms with van der Waals surface area (Å²) >= 11 is 0. The van der Waals surface area contributed by atoms with Crippen molar-refractivity contribution >= 4 is 11.7 Å². The number of nitrogens with zero attached hydrogens (tertiary/aromatic N) is 5. The van der Waals surface area contributed by atoms with Crippen LogP contribution in [0.1, 0.15) is 25.7 Å². The summed E-state index contributed by atoms with van der Waals surface area (Å²) in [7, 11) is 0. The first kappa shape index (κ1) is 15.1. The third kappa shape index (κ3) is 2.96. The Balaban J connectivity index is 1.43. The van der Waals surface area contributed by atoms with E-state index >= 15 is 0 Å². The van der Waals surface area contributed by atoms with Gasteiger partial charge in [-0.15, -0.1) is 0 Å². The van der Waals surface area contributed by atoms with Crippen molar-refractivity contribution in [2.75, 3.05) is 18.5 Å². The Morgan fingerprint density at radius 3 is 3.00 bits per heavy atom. The second-order valence-electron chi connectivity index (χ2n) is 6.13. The Morgan fingerprint density at radius 2 is 2.21 bits per heavy atom.